The monoisotopic (exact) mass is 267 g/mol. The minimum atomic E-state index is 0.276. The summed E-state index contributed by atoms with van der Waals surface area (Å²) in [5.41, 5.74) is 0. The Kier molecular flexibility index (Phi) is 5.40. The van der Waals surface area contributed by atoms with Crippen LogP contribution >= 0.6 is 0 Å². The molecule has 0 bridgehead atoms. The largest absolute Gasteiger partial charge is 0.383 e. The van der Waals surface area contributed by atoms with E-state index in [1.54, 1.807) is 7.11 Å². The number of carbonyl (C=O) groups is 1. The Balaban J connectivity index is 1.88. The Morgan fingerprint density at radius 2 is 2.05 bits per heavy atom. The number of carbonyl (C=O) groups excluding carboxylic acids is 1. The highest BCUT2D eigenvalue weighted by molar-refractivity contribution is 5.82. The van der Waals surface area contributed by atoms with Crippen LogP contribution < -0.4 is 0 Å². The quantitative estimate of drug-likeness (QED) is 0.710. The van der Waals surface area contributed by atoms with Gasteiger partial charge in [0.1, 0.15) is 5.78 Å². The molecule has 2 saturated carbocycles. The summed E-state index contributed by atoms with van der Waals surface area (Å²) < 4.78 is 5.20. The van der Waals surface area contributed by atoms with Crippen molar-refractivity contribution in [3.63, 3.8) is 0 Å². The Hall–Kier alpha value is -0.410. The van der Waals surface area contributed by atoms with E-state index in [0.29, 0.717) is 11.7 Å². The van der Waals surface area contributed by atoms with Gasteiger partial charge in [0, 0.05) is 38.6 Å². The van der Waals surface area contributed by atoms with Gasteiger partial charge in [0.2, 0.25) is 0 Å². The summed E-state index contributed by atoms with van der Waals surface area (Å²) in [7, 11) is 1.76. The second-order valence-electron chi connectivity index (χ2n) is 6.66. The van der Waals surface area contributed by atoms with Crippen LogP contribution in [0, 0.1) is 17.8 Å². The zero-order chi connectivity index (χ0) is 13.8. The Labute approximate surface area is 117 Å². The van der Waals surface area contributed by atoms with Gasteiger partial charge in [-0.25, -0.2) is 0 Å². The van der Waals surface area contributed by atoms with Crippen LogP contribution in [0.4, 0.5) is 0 Å². The lowest BCUT2D eigenvalue weighted by atomic mass is 9.75. The maximum atomic E-state index is 12.2. The average molecular weight is 267 g/mol. The fraction of sp³-hybridized carbons (Fsp3) is 0.938. The summed E-state index contributed by atoms with van der Waals surface area (Å²) >= 11 is 0. The summed E-state index contributed by atoms with van der Waals surface area (Å²) in [5.74, 6) is 2.23. The molecule has 0 spiro atoms. The van der Waals surface area contributed by atoms with Gasteiger partial charge >= 0.3 is 0 Å². The van der Waals surface area contributed by atoms with Crippen LogP contribution in [0.25, 0.3) is 0 Å². The molecule has 0 saturated heterocycles. The average Bonchev–Trinajstić information content (AvgIpc) is 3.20. The molecule has 3 nitrogen and oxygen atoms in total. The normalized spacial score (nSPS) is 28.4. The fourth-order valence-electron chi connectivity index (χ4n) is 3.28. The zero-order valence-corrected chi connectivity index (χ0v) is 12.7. The number of ether oxygens (including phenoxy) is 1. The van der Waals surface area contributed by atoms with Crippen molar-refractivity contribution in [3.05, 3.63) is 0 Å². The van der Waals surface area contributed by atoms with Crippen LogP contribution in [0.3, 0.4) is 0 Å². The van der Waals surface area contributed by atoms with E-state index in [1.165, 1.54) is 12.8 Å². The first-order chi connectivity index (χ1) is 9.11. The van der Waals surface area contributed by atoms with Crippen LogP contribution in [-0.2, 0) is 9.53 Å². The summed E-state index contributed by atoms with van der Waals surface area (Å²) in [5, 5.41) is 0. The van der Waals surface area contributed by atoms with Gasteiger partial charge in [-0.15, -0.1) is 0 Å². The molecular weight excluding hydrogens is 238 g/mol. The fourth-order valence-corrected chi connectivity index (χ4v) is 3.28. The Morgan fingerprint density at radius 3 is 2.63 bits per heavy atom. The smallest absolute Gasteiger partial charge is 0.137 e. The van der Waals surface area contributed by atoms with E-state index in [0.717, 1.165) is 50.9 Å². The number of methoxy groups -OCH3 is 1. The lowest BCUT2D eigenvalue weighted by molar-refractivity contribution is -0.126. The van der Waals surface area contributed by atoms with Crippen molar-refractivity contribution in [2.45, 2.75) is 52.0 Å². The highest BCUT2D eigenvalue weighted by atomic mass is 16.5. The third-order valence-electron chi connectivity index (χ3n) is 4.85. The summed E-state index contributed by atoms with van der Waals surface area (Å²) in [6, 6.07) is 0.724. The van der Waals surface area contributed by atoms with E-state index in [9.17, 15) is 4.79 Å². The van der Waals surface area contributed by atoms with Crippen molar-refractivity contribution in [1.82, 2.24) is 4.90 Å². The zero-order valence-electron chi connectivity index (χ0n) is 12.7. The number of Topliss-reactive ketones (excluding diaryl/α,β-unsaturated/α-hetero) is 1. The van der Waals surface area contributed by atoms with Gasteiger partial charge in [-0.2, -0.15) is 0 Å². The van der Waals surface area contributed by atoms with E-state index in [-0.39, 0.29) is 5.92 Å². The Morgan fingerprint density at radius 1 is 1.32 bits per heavy atom. The number of ketones is 1. The molecular formula is C16H29NO2. The standard InChI is InChI=1S/C16H29NO2/c1-12(2)13-4-7-16(18)14(10-13)11-17(8-9-19-3)15-5-6-15/h12-15H,4-11H2,1-3H3. The van der Waals surface area contributed by atoms with E-state index in [2.05, 4.69) is 18.7 Å². The first-order valence-electron chi connectivity index (χ1n) is 7.87. The van der Waals surface area contributed by atoms with Crippen LogP contribution in [0.1, 0.15) is 46.0 Å². The molecule has 2 atom stereocenters. The molecule has 0 radical (unpaired) electrons. The molecule has 2 unspecified atom stereocenters. The van der Waals surface area contributed by atoms with Crippen molar-refractivity contribution >= 4 is 5.78 Å². The molecule has 19 heavy (non-hydrogen) atoms. The number of rotatable bonds is 7. The second-order valence-corrected chi connectivity index (χ2v) is 6.66. The number of hydrogen-bond acceptors (Lipinski definition) is 3. The number of nitrogens with zero attached hydrogens (tertiary/aromatic N) is 1. The van der Waals surface area contributed by atoms with E-state index >= 15 is 0 Å². The highest BCUT2D eigenvalue weighted by Crippen LogP contribution is 2.34. The molecule has 0 N–H and O–H groups in total. The summed E-state index contributed by atoms with van der Waals surface area (Å²) in [6.45, 7) is 7.32. The van der Waals surface area contributed by atoms with E-state index in [1.807, 2.05) is 0 Å². The molecule has 0 aromatic rings. The molecule has 0 aromatic carbocycles. The predicted molar refractivity (Wildman–Crippen MR) is 77.1 cm³/mol. The molecule has 110 valence electrons. The van der Waals surface area contributed by atoms with Gasteiger partial charge in [0.25, 0.3) is 0 Å². The summed E-state index contributed by atoms with van der Waals surface area (Å²) in [4.78, 5) is 14.7. The molecule has 0 heterocycles. The van der Waals surface area contributed by atoms with Crippen LogP contribution in [0.5, 0.6) is 0 Å². The number of hydrogen-bond donors (Lipinski definition) is 0. The first-order valence-corrected chi connectivity index (χ1v) is 7.87. The van der Waals surface area contributed by atoms with Gasteiger partial charge < -0.3 is 4.74 Å². The molecule has 2 rings (SSSR count). The van der Waals surface area contributed by atoms with Crippen molar-refractivity contribution in [3.8, 4) is 0 Å². The van der Waals surface area contributed by atoms with E-state index in [4.69, 9.17) is 4.74 Å². The third kappa shape index (κ3) is 4.28. The highest BCUT2D eigenvalue weighted by Gasteiger charge is 2.35. The van der Waals surface area contributed by atoms with Gasteiger partial charge in [0.15, 0.2) is 0 Å². The topological polar surface area (TPSA) is 29.5 Å². The maximum Gasteiger partial charge on any atom is 0.137 e. The molecule has 2 aliphatic carbocycles. The van der Waals surface area contributed by atoms with Crippen LogP contribution in [0.15, 0.2) is 0 Å². The lowest BCUT2D eigenvalue weighted by Gasteiger charge is -2.34. The van der Waals surface area contributed by atoms with Crippen LogP contribution in [0.2, 0.25) is 0 Å². The second kappa shape index (κ2) is 6.85. The van der Waals surface area contributed by atoms with E-state index < -0.39 is 0 Å². The molecule has 3 heteroatoms. The molecule has 0 aliphatic heterocycles. The SMILES string of the molecule is COCCN(CC1CC(C(C)C)CCC1=O)C1CC1. The first kappa shape index (κ1) is 15.0. The van der Waals surface area contributed by atoms with Crippen molar-refractivity contribution in [2.24, 2.45) is 17.8 Å². The third-order valence-corrected chi connectivity index (χ3v) is 4.85. The van der Waals surface area contributed by atoms with Gasteiger partial charge in [-0.05, 0) is 37.5 Å². The maximum absolute atomic E-state index is 12.2. The van der Waals surface area contributed by atoms with Crippen molar-refractivity contribution < 1.29 is 9.53 Å². The molecule has 0 amide bonds. The van der Waals surface area contributed by atoms with Crippen molar-refractivity contribution in [2.75, 3.05) is 26.8 Å². The van der Waals surface area contributed by atoms with Gasteiger partial charge in [-0.3, -0.25) is 9.69 Å². The van der Waals surface area contributed by atoms with Gasteiger partial charge in [0.05, 0.1) is 6.61 Å². The molecule has 0 aromatic heterocycles. The Bertz CT molecular complexity index is 299. The predicted octanol–water partition coefficient (Wildman–Crippen LogP) is 2.74. The molecule has 2 fully saturated rings. The van der Waals surface area contributed by atoms with Gasteiger partial charge in [-0.1, -0.05) is 13.8 Å². The molecule has 2 aliphatic rings. The minimum absolute atomic E-state index is 0.276. The van der Waals surface area contributed by atoms with Crippen molar-refractivity contribution in [1.29, 1.82) is 0 Å². The van der Waals surface area contributed by atoms with Crippen LogP contribution in [-0.4, -0.2) is 43.5 Å². The minimum Gasteiger partial charge on any atom is -0.383 e. The lowest BCUT2D eigenvalue weighted by Crippen LogP contribution is -2.40. The summed E-state index contributed by atoms with van der Waals surface area (Å²) in [6.07, 6.45) is 5.62.